The van der Waals surface area contributed by atoms with Crippen molar-refractivity contribution in [1.82, 2.24) is 0 Å². The van der Waals surface area contributed by atoms with Gasteiger partial charge < -0.3 is 10.2 Å². The summed E-state index contributed by atoms with van der Waals surface area (Å²) < 4.78 is 4.85. The zero-order chi connectivity index (χ0) is 8.43. The number of furan rings is 1. The van der Waals surface area contributed by atoms with Crippen molar-refractivity contribution in [2.45, 2.75) is 6.04 Å². The molecule has 11 heavy (non-hydrogen) atoms. The summed E-state index contributed by atoms with van der Waals surface area (Å²) in [6.07, 6.45) is 0. The van der Waals surface area contributed by atoms with Crippen LogP contribution in [-0.4, -0.2) is 0 Å². The first-order valence-electron chi connectivity index (χ1n) is 2.75. The van der Waals surface area contributed by atoms with Gasteiger partial charge in [-0.1, -0.05) is 11.6 Å². The van der Waals surface area contributed by atoms with Crippen LogP contribution < -0.4 is 5.73 Å². The summed E-state index contributed by atoms with van der Waals surface area (Å²) in [5, 5.41) is 8.80. The fraction of sp³-hybridized carbons (Fsp3) is 0.167. The van der Waals surface area contributed by atoms with Gasteiger partial charge in [-0.2, -0.15) is 5.26 Å². The zero-order valence-electron chi connectivity index (χ0n) is 5.34. The third-order valence-electron chi connectivity index (χ3n) is 1.10. The Hall–Kier alpha value is -0.690. The number of halogens is 2. The lowest BCUT2D eigenvalue weighted by molar-refractivity contribution is 0.499. The summed E-state index contributed by atoms with van der Waals surface area (Å²) in [7, 11) is 0. The molecule has 0 saturated carbocycles. The number of nitrogens with zero attached hydrogens (tertiary/aromatic N) is 1. The van der Waals surface area contributed by atoms with Crippen LogP contribution >= 0.6 is 23.2 Å². The van der Waals surface area contributed by atoms with Crippen LogP contribution in [0.25, 0.3) is 0 Å². The standard InChI is InChI=1S/C6H4Cl2N2O/c7-3-1-5(8)11-6(3)4(10)2-9/h1,4H,10H2. The number of nitriles is 1. The van der Waals surface area contributed by atoms with Gasteiger partial charge in [-0.05, 0) is 11.6 Å². The molecule has 0 aliphatic carbocycles. The fourth-order valence-corrected chi connectivity index (χ4v) is 1.13. The van der Waals surface area contributed by atoms with Gasteiger partial charge in [-0.15, -0.1) is 0 Å². The molecule has 58 valence electrons. The van der Waals surface area contributed by atoms with Gasteiger partial charge in [-0.3, -0.25) is 0 Å². The molecular weight excluding hydrogens is 187 g/mol. The Balaban J connectivity index is 3.05. The Labute approximate surface area is 73.3 Å². The van der Waals surface area contributed by atoms with E-state index in [9.17, 15) is 0 Å². The quantitative estimate of drug-likeness (QED) is 0.739. The van der Waals surface area contributed by atoms with Crippen LogP contribution in [0.4, 0.5) is 0 Å². The van der Waals surface area contributed by atoms with Gasteiger partial charge in [0.2, 0.25) is 0 Å². The van der Waals surface area contributed by atoms with Crippen molar-refractivity contribution in [1.29, 1.82) is 5.26 Å². The van der Waals surface area contributed by atoms with E-state index in [4.69, 9.17) is 38.6 Å². The summed E-state index contributed by atoms with van der Waals surface area (Å²) >= 11 is 11.1. The third-order valence-corrected chi connectivity index (χ3v) is 1.59. The Morgan fingerprint density at radius 2 is 2.27 bits per heavy atom. The van der Waals surface area contributed by atoms with Gasteiger partial charge in [-0.25, -0.2) is 0 Å². The number of nitrogens with two attached hydrogens (primary N) is 1. The van der Waals surface area contributed by atoms with Crippen LogP contribution in [-0.2, 0) is 0 Å². The molecule has 1 atom stereocenters. The van der Waals surface area contributed by atoms with Crippen LogP contribution in [0.2, 0.25) is 10.2 Å². The maximum Gasteiger partial charge on any atom is 0.195 e. The fourth-order valence-electron chi connectivity index (χ4n) is 0.625. The van der Waals surface area contributed by atoms with Crippen molar-refractivity contribution in [3.63, 3.8) is 0 Å². The van der Waals surface area contributed by atoms with E-state index in [-0.39, 0.29) is 16.0 Å². The molecule has 3 nitrogen and oxygen atoms in total. The van der Waals surface area contributed by atoms with Gasteiger partial charge in [0, 0.05) is 6.07 Å². The van der Waals surface area contributed by atoms with E-state index in [0.29, 0.717) is 0 Å². The number of hydrogen-bond acceptors (Lipinski definition) is 3. The molecule has 5 heteroatoms. The van der Waals surface area contributed by atoms with E-state index in [2.05, 4.69) is 0 Å². The zero-order valence-corrected chi connectivity index (χ0v) is 6.86. The van der Waals surface area contributed by atoms with Crippen molar-refractivity contribution in [2.75, 3.05) is 0 Å². The summed E-state index contributed by atoms with van der Waals surface area (Å²) in [6.45, 7) is 0. The lowest BCUT2D eigenvalue weighted by Gasteiger charge is -1.95. The lowest BCUT2D eigenvalue weighted by atomic mass is 10.3. The molecule has 1 aromatic heterocycles. The van der Waals surface area contributed by atoms with Crippen LogP contribution in [0.3, 0.4) is 0 Å². The molecule has 0 bridgehead atoms. The summed E-state index contributed by atoms with van der Waals surface area (Å²) in [6, 6.07) is 2.32. The van der Waals surface area contributed by atoms with Crippen molar-refractivity contribution in [2.24, 2.45) is 5.73 Å². The van der Waals surface area contributed by atoms with Crippen LogP contribution in [0.5, 0.6) is 0 Å². The number of rotatable bonds is 1. The topological polar surface area (TPSA) is 63.0 Å². The molecule has 0 aliphatic heterocycles. The highest BCUT2D eigenvalue weighted by atomic mass is 35.5. The van der Waals surface area contributed by atoms with Gasteiger partial charge in [0.15, 0.2) is 17.0 Å². The molecular formula is C6H4Cl2N2O. The molecule has 0 radical (unpaired) electrons. The molecule has 0 aliphatic rings. The minimum Gasteiger partial charge on any atom is -0.445 e. The minimum absolute atomic E-state index is 0.135. The SMILES string of the molecule is N#CC(N)c1oc(Cl)cc1Cl. The average Bonchev–Trinajstić information content (AvgIpc) is 2.28. The van der Waals surface area contributed by atoms with Crippen molar-refractivity contribution >= 4 is 23.2 Å². The van der Waals surface area contributed by atoms with Crippen molar-refractivity contribution in [3.05, 3.63) is 22.1 Å². The van der Waals surface area contributed by atoms with E-state index < -0.39 is 6.04 Å². The molecule has 1 aromatic rings. The van der Waals surface area contributed by atoms with E-state index in [0.717, 1.165) is 0 Å². The first-order valence-corrected chi connectivity index (χ1v) is 3.50. The highest BCUT2D eigenvalue weighted by molar-refractivity contribution is 6.34. The predicted molar refractivity (Wildman–Crippen MR) is 41.3 cm³/mol. The molecule has 0 amide bonds. The summed E-state index contributed by atoms with van der Waals surface area (Å²) in [4.78, 5) is 0. The molecule has 1 heterocycles. The first kappa shape index (κ1) is 8.41. The summed E-state index contributed by atoms with van der Waals surface area (Å²) in [5.74, 6) is 0.208. The van der Waals surface area contributed by atoms with Crippen LogP contribution in [0.1, 0.15) is 11.8 Å². The minimum atomic E-state index is -0.852. The molecule has 0 fully saturated rings. The molecule has 1 rings (SSSR count). The second-order valence-corrected chi connectivity index (χ2v) is 2.65. The summed E-state index contributed by atoms with van der Waals surface area (Å²) in [5.41, 5.74) is 5.31. The van der Waals surface area contributed by atoms with E-state index in [1.54, 1.807) is 6.07 Å². The second-order valence-electron chi connectivity index (χ2n) is 1.87. The van der Waals surface area contributed by atoms with Crippen molar-refractivity contribution in [3.8, 4) is 6.07 Å². The highest BCUT2D eigenvalue weighted by Gasteiger charge is 2.14. The maximum atomic E-state index is 8.39. The Kier molecular flexibility index (Phi) is 2.40. The molecule has 1 unspecified atom stereocenters. The normalized spacial score (nSPS) is 12.5. The van der Waals surface area contributed by atoms with E-state index in [1.165, 1.54) is 6.07 Å². The maximum absolute atomic E-state index is 8.39. The monoisotopic (exact) mass is 190 g/mol. The molecule has 0 saturated heterocycles. The second kappa shape index (κ2) is 3.14. The van der Waals surface area contributed by atoms with Crippen LogP contribution in [0, 0.1) is 11.3 Å². The third kappa shape index (κ3) is 1.66. The molecule has 2 N–H and O–H groups in total. The Bertz CT molecular complexity index is 302. The smallest absolute Gasteiger partial charge is 0.195 e. The molecule has 0 spiro atoms. The van der Waals surface area contributed by atoms with E-state index in [1.807, 2.05) is 0 Å². The average molecular weight is 191 g/mol. The highest BCUT2D eigenvalue weighted by Crippen LogP contribution is 2.27. The van der Waals surface area contributed by atoms with Crippen molar-refractivity contribution < 1.29 is 4.42 Å². The van der Waals surface area contributed by atoms with Crippen LogP contribution in [0.15, 0.2) is 10.5 Å². The van der Waals surface area contributed by atoms with Gasteiger partial charge >= 0.3 is 0 Å². The van der Waals surface area contributed by atoms with Gasteiger partial charge in [0.25, 0.3) is 0 Å². The predicted octanol–water partition coefficient (Wildman–Crippen LogP) is 2.11. The Morgan fingerprint density at radius 3 is 2.64 bits per heavy atom. The van der Waals surface area contributed by atoms with E-state index >= 15 is 0 Å². The molecule has 0 aromatic carbocycles. The first-order chi connectivity index (χ1) is 5.15. The largest absolute Gasteiger partial charge is 0.445 e. The Morgan fingerprint density at radius 1 is 1.64 bits per heavy atom. The number of hydrogen-bond donors (Lipinski definition) is 1. The van der Waals surface area contributed by atoms with Gasteiger partial charge in [0.05, 0.1) is 11.1 Å². The van der Waals surface area contributed by atoms with Gasteiger partial charge in [0.1, 0.15) is 0 Å². The lowest BCUT2D eigenvalue weighted by Crippen LogP contribution is -2.05.